The predicted molar refractivity (Wildman–Crippen MR) is 233 cm³/mol. The van der Waals surface area contributed by atoms with E-state index >= 15 is 0 Å². The van der Waals surface area contributed by atoms with E-state index in [1.54, 1.807) is 125 Å². The van der Waals surface area contributed by atoms with Crippen LogP contribution in [0.1, 0.15) is 87.7 Å². The Balaban J connectivity index is 1.04. The molecule has 2 fully saturated rings. The first-order valence-corrected chi connectivity index (χ1v) is 20.8. The second-order valence-corrected chi connectivity index (χ2v) is 15.6. The van der Waals surface area contributed by atoms with Crippen LogP contribution in [0.25, 0.3) is 0 Å². The van der Waals surface area contributed by atoms with E-state index in [1.807, 2.05) is 12.1 Å². The summed E-state index contributed by atoms with van der Waals surface area (Å²) >= 11 is 0. The Bertz CT molecular complexity index is 2110. The zero-order valence-corrected chi connectivity index (χ0v) is 35.3. The number of anilines is 2. The molecule has 14 nitrogen and oxygen atoms in total. The van der Waals surface area contributed by atoms with Crippen molar-refractivity contribution in [1.82, 2.24) is 20.4 Å². The van der Waals surface area contributed by atoms with Gasteiger partial charge in [0, 0.05) is 35.6 Å². The van der Waals surface area contributed by atoms with E-state index < -0.39 is 48.2 Å². The summed E-state index contributed by atoms with van der Waals surface area (Å²) in [7, 11) is 0. The van der Waals surface area contributed by atoms with E-state index in [1.165, 1.54) is 9.80 Å². The van der Waals surface area contributed by atoms with Gasteiger partial charge in [-0.2, -0.15) is 0 Å². The topological polar surface area (TPSA) is 175 Å². The first kappa shape index (κ1) is 44.4. The summed E-state index contributed by atoms with van der Waals surface area (Å²) in [4.78, 5) is 82.8. The van der Waals surface area contributed by atoms with Crippen molar-refractivity contribution in [3.8, 4) is 11.8 Å². The SMILES string of the molecule is CC(C)OC(=O)N[C@@H](C(=O)N1CCC[C@H]1C(=O)Nc1ccc(C#Cc2ccc(NC(=O)[C@@H]3CCCN3C(=O)[C@H](NC(=O)OC(C)C)c3ccccc3)cc2)cc1)c1ccccc1. The lowest BCUT2D eigenvalue weighted by atomic mass is 10.0. The van der Waals surface area contributed by atoms with Gasteiger partial charge in [0.05, 0.1) is 12.2 Å². The first-order valence-electron chi connectivity index (χ1n) is 20.8. The van der Waals surface area contributed by atoms with E-state index in [4.69, 9.17) is 9.47 Å². The number of amides is 6. The maximum Gasteiger partial charge on any atom is 0.408 e. The second kappa shape index (κ2) is 20.9. The molecule has 0 saturated carbocycles. The first-order chi connectivity index (χ1) is 29.9. The van der Waals surface area contributed by atoms with Crippen LogP contribution in [0, 0.1) is 11.8 Å². The van der Waals surface area contributed by atoms with Crippen molar-refractivity contribution in [3.05, 3.63) is 131 Å². The Morgan fingerprint density at radius 1 is 0.532 bits per heavy atom. The molecule has 62 heavy (non-hydrogen) atoms. The summed E-state index contributed by atoms with van der Waals surface area (Å²) < 4.78 is 10.5. The molecule has 2 aliphatic heterocycles. The van der Waals surface area contributed by atoms with Crippen molar-refractivity contribution in [3.63, 3.8) is 0 Å². The number of hydrogen-bond acceptors (Lipinski definition) is 8. The highest BCUT2D eigenvalue weighted by molar-refractivity contribution is 6.00. The monoisotopic (exact) mass is 840 g/mol. The van der Waals surface area contributed by atoms with Crippen molar-refractivity contribution in [1.29, 1.82) is 0 Å². The summed E-state index contributed by atoms with van der Waals surface area (Å²) in [6.45, 7) is 7.63. The Morgan fingerprint density at radius 2 is 0.887 bits per heavy atom. The number of likely N-dealkylation sites (tertiary alicyclic amines) is 2. The summed E-state index contributed by atoms with van der Waals surface area (Å²) in [6, 6.07) is 28.4. The lowest BCUT2D eigenvalue weighted by Gasteiger charge is -2.29. The maximum atomic E-state index is 13.8. The molecule has 2 heterocycles. The molecule has 0 radical (unpaired) electrons. The van der Waals surface area contributed by atoms with Crippen molar-refractivity contribution >= 4 is 47.2 Å². The van der Waals surface area contributed by atoms with Crippen LogP contribution in [0.4, 0.5) is 21.0 Å². The third-order valence-corrected chi connectivity index (χ3v) is 10.3. The lowest BCUT2D eigenvalue weighted by molar-refractivity contribution is -0.138. The molecule has 0 spiro atoms. The van der Waals surface area contributed by atoms with Gasteiger partial charge in [-0.05, 0) is 113 Å². The van der Waals surface area contributed by atoms with Crippen LogP contribution in [0.2, 0.25) is 0 Å². The molecule has 14 heteroatoms. The third kappa shape index (κ3) is 11.8. The van der Waals surface area contributed by atoms with Gasteiger partial charge in [-0.15, -0.1) is 0 Å². The molecule has 322 valence electrons. The number of carbonyl (C=O) groups is 6. The number of hydrogen-bond donors (Lipinski definition) is 4. The molecule has 0 aromatic heterocycles. The molecule has 2 aliphatic rings. The Kier molecular flexibility index (Phi) is 15.0. The van der Waals surface area contributed by atoms with E-state index in [0.29, 0.717) is 72.4 Å². The molecule has 4 aromatic rings. The summed E-state index contributed by atoms with van der Waals surface area (Å²) in [5, 5.41) is 11.2. The zero-order chi connectivity index (χ0) is 44.2. The fourth-order valence-electron chi connectivity index (χ4n) is 7.41. The average molecular weight is 841 g/mol. The molecular formula is C48H52N6O8. The average Bonchev–Trinajstić information content (AvgIpc) is 3.96. The quantitative estimate of drug-likeness (QED) is 0.114. The maximum absolute atomic E-state index is 13.8. The van der Waals surface area contributed by atoms with Crippen molar-refractivity contribution in [2.75, 3.05) is 23.7 Å². The minimum absolute atomic E-state index is 0.331. The van der Waals surface area contributed by atoms with Crippen LogP contribution in [-0.2, 0) is 28.7 Å². The Hall–Kier alpha value is -7.14. The minimum atomic E-state index is -1.02. The highest BCUT2D eigenvalue weighted by atomic mass is 16.6. The number of rotatable bonds is 12. The smallest absolute Gasteiger partial charge is 0.408 e. The molecule has 0 bridgehead atoms. The number of alkyl carbamates (subject to hydrolysis) is 2. The molecule has 0 aliphatic carbocycles. The van der Waals surface area contributed by atoms with E-state index in [2.05, 4.69) is 33.1 Å². The van der Waals surface area contributed by atoms with Gasteiger partial charge in [0.25, 0.3) is 11.8 Å². The van der Waals surface area contributed by atoms with Gasteiger partial charge in [-0.1, -0.05) is 72.5 Å². The molecule has 6 rings (SSSR count). The number of ether oxygens (including phenoxy) is 2. The third-order valence-electron chi connectivity index (χ3n) is 10.3. The standard InChI is InChI=1S/C48H52N6O8/c1-31(2)61-47(59)51-41(35-13-7-5-8-14-35)45(57)53-29-11-17-39(53)43(55)49-37-25-21-33(22-26-37)19-20-34-23-27-38(28-24-34)50-44(56)40-18-12-30-54(40)46(58)42(36-15-9-6-10-16-36)52-48(60)62-32(3)4/h5-10,13-16,21-28,31-32,39-42H,11-12,17-18,29-30H2,1-4H3,(H,49,55)(H,50,56)(H,51,59)(H,52,60)/t39-,40-,41+,42+/m0/s1. The van der Waals surface area contributed by atoms with Crippen LogP contribution in [0.3, 0.4) is 0 Å². The van der Waals surface area contributed by atoms with Crippen molar-refractivity contribution in [2.24, 2.45) is 0 Å². The minimum Gasteiger partial charge on any atom is -0.447 e. The second-order valence-electron chi connectivity index (χ2n) is 15.6. The van der Waals surface area contributed by atoms with Gasteiger partial charge in [-0.3, -0.25) is 19.2 Å². The molecule has 4 atom stereocenters. The fraction of sp³-hybridized carbons (Fsp3) is 0.333. The lowest BCUT2D eigenvalue weighted by Crippen LogP contribution is -2.48. The summed E-state index contributed by atoms with van der Waals surface area (Å²) in [5.41, 5.74) is 3.66. The van der Waals surface area contributed by atoms with Crippen LogP contribution in [0.15, 0.2) is 109 Å². The van der Waals surface area contributed by atoms with Crippen molar-refractivity contribution in [2.45, 2.75) is 89.8 Å². The van der Waals surface area contributed by atoms with Gasteiger partial charge < -0.3 is 40.5 Å². The van der Waals surface area contributed by atoms with Crippen LogP contribution in [0.5, 0.6) is 0 Å². The summed E-state index contributed by atoms with van der Waals surface area (Å²) in [5.74, 6) is 4.78. The predicted octanol–water partition coefficient (Wildman–Crippen LogP) is 6.70. The van der Waals surface area contributed by atoms with Crippen LogP contribution < -0.4 is 21.3 Å². The molecule has 2 saturated heterocycles. The van der Waals surface area contributed by atoms with E-state index in [9.17, 15) is 28.8 Å². The van der Waals surface area contributed by atoms with Crippen molar-refractivity contribution < 1.29 is 38.2 Å². The Labute approximate surface area is 361 Å². The summed E-state index contributed by atoms with van der Waals surface area (Å²) in [6.07, 6.45) is 0.0464. The molecule has 0 unspecified atom stereocenters. The van der Waals surface area contributed by atoms with E-state index in [-0.39, 0.29) is 24.0 Å². The molecule has 4 aromatic carbocycles. The number of nitrogens with one attached hydrogen (secondary N) is 4. The van der Waals surface area contributed by atoms with Gasteiger partial charge in [0.2, 0.25) is 11.8 Å². The molecule has 6 amide bonds. The van der Waals surface area contributed by atoms with Crippen LogP contribution >= 0.6 is 0 Å². The molecule has 4 N–H and O–H groups in total. The van der Waals surface area contributed by atoms with E-state index in [0.717, 1.165) is 0 Å². The van der Waals surface area contributed by atoms with Gasteiger partial charge in [0.1, 0.15) is 24.2 Å². The Morgan fingerprint density at radius 3 is 1.23 bits per heavy atom. The number of nitrogens with zero attached hydrogens (tertiary/aromatic N) is 2. The highest BCUT2D eigenvalue weighted by Crippen LogP contribution is 2.27. The fourth-order valence-corrected chi connectivity index (χ4v) is 7.41. The molecular weight excluding hydrogens is 789 g/mol. The van der Waals surface area contributed by atoms with Gasteiger partial charge >= 0.3 is 12.2 Å². The zero-order valence-electron chi connectivity index (χ0n) is 35.3. The highest BCUT2D eigenvalue weighted by Gasteiger charge is 2.40. The van der Waals surface area contributed by atoms with Crippen LogP contribution in [-0.4, -0.2) is 83.0 Å². The van der Waals surface area contributed by atoms with Gasteiger partial charge in [-0.25, -0.2) is 9.59 Å². The van der Waals surface area contributed by atoms with Gasteiger partial charge in [0.15, 0.2) is 0 Å². The number of benzene rings is 4. The number of carbonyl (C=O) groups excluding carboxylic acids is 6. The normalized spacial score (nSPS) is 16.7. The largest absolute Gasteiger partial charge is 0.447 e.